The first-order valence-electron chi connectivity index (χ1n) is 5.97. The Bertz CT molecular complexity index is 373. The molecule has 0 aliphatic rings. The van der Waals surface area contributed by atoms with Gasteiger partial charge >= 0.3 is 116 Å². The van der Waals surface area contributed by atoms with Crippen molar-refractivity contribution in [2.24, 2.45) is 0 Å². The van der Waals surface area contributed by atoms with Crippen LogP contribution in [0.1, 0.15) is 58.2 Å². The van der Waals surface area contributed by atoms with E-state index in [4.69, 9.17) is 0 Å². The summed E-state index contributed by atoms with van der Waals surface area (Å²) in [5.41, 5.74) is 3.38. The molecule has 1 aromatic carbocycles. The topological polar surface area (TPSA) is 20.2 Å². The SMILES string of the molecule is CC(C)(C)c1cc([CH2][Ir])cc(C(C)(C)C)c1O. The van der Waals surface area contributed by atoms with Crippen molar-refractivity contribution in [3.05, 3.63) is 28.8 Å². The Kier molecular flexibility index (Phi) is 4.11. The summed E-state index contributed by atoms with van der Waals surface area (Å²) < 4.78 is 0. The molecule has 0 radical (unpaired) electrons. The Morgan fingerprint density at radius 1 is 0.941 bits per heavy atom. The van der Waals surface area contributed by atoms with Crippen LogP contribution in [0.2, 0.25) is 0 Å². The molecule has 0 spiro atoms. The van der Waals surface area contributed by atoms with Gasteiger partial charge in [0.2, 0.25) is 0 Å². The first kappa shape index (κ1) is 14.7. The van der Waals surface area contributed by atoms with E-state index in [9.17, 15) is 5.11 Å². The summed E-state index contributed by atoms with van der Waals surface area (Å²) >= 11 is 2.16. The molecule has 2 heteroatoms. The number of phenols is 1. The Morgan fingerprint density at radius 3 is 1.53 bits per heavy atom. The van der Waals surface area contributed by atoms with Crippen molar-refractivity contribution in [1.82, 2.24) is 0 Å². The molecule has 0 bridgehead atoms. The Balaban J connectivity index is 3.53. The molecule has 1 rings (SSSR count). The van der Waals surface area contributed by atoms with E-state index in [1.807, 2.05) is 0 Å². The van der Waals surface area contributed by atoms with Gasteiger partial charge in [-0.15, -0.1) is 0 Å². The zero-order chi connectivity index (χ0) is 13.4. The van der Waals surface area contributed by atoms with Crippen molar-refractivity contribution in [1.29, 1.82) is 0 Å². The van der Waals surface area contributed by atoms with Crippen LogP contribution in [0.15, 0.2) is 12.1 Å². The fourth-order valence-electron chi connectivity index (χ4n) is 1.91. The minimum absolute atomic E-state index is 0.0186. The molecular formula is C15H23IrO. The zero-order valence-corrected chi connectivity index (χ0v) is 14.0. The van der Waals surface area contributed by atoms with Crippen LogP contribution >= 0.6 is 0 Å². The molecule has 0 saturated carbocycles. The van der Waals surface area contributed by atoms with Crippen LogP contribution in [0.3, 0.4) is 0 Å². The maximum absolute atomic E-state index is 10.5. The third kappa shape index (κ3) is 3.33. The van der Waals surface area contributed by atoms with Crippen LogP contribution in [0.5, 0.6) is 5.75 Å². The number of hydrogen-bond acceptors (Lipinski definition) is 1. The van der Waals surface area contributed by atoms with Gasteiger partial charge in [-0.1, -0.05) is 0 Å². The normalized spacial score (nSPS) is 12.9. The van der Waals surface area contributed by atoms with E-state index in [-0.39, 0.29) is 10.8 Å². The number of aromatic hydroxyl groups is 1. The van der Waals surface area contributed by atoms with E-state index in [1.165, 1.54) is 5.56 Å². The molecule has 0 aliphatic heterocycles. The van der Waals surface area contributed by atoms with Gasteiger partial charge in [0.15, 0.2) is 0 Å². The summed E-state index contributed by atoms with van der Waals surface area (Å²) in [5.74, 6) is 0.474. The predicted molar refractivity (Wildman–Crippen MR) is 69.2 cm³/mol. The molecule has 1 N–H and O–H groups in total. The molecule has 0 saturated heterocycles. The monoisotopic (exact) mass is 412 g/mol. The standard InChI is InChI=1S/C15H23O.Ir/c1-10-8-11(14(2,3)4)13(16)12(9-10)15(5,6)7;/h8-9,16H,1H2,2-7H3;. The summed E-state index contributed by atoms with van der Waals surface area (Å²) in [7, 11) is 0. The quantitative estimate of drug-likeness (QED) is 0.740. The van der Waals surface area contributed by atoms with E-state index in [1.54, 1.807) is 0 Å². The van der Waals surface area contributed by atoms with Crippen molar-refractivity contribution in [2.45, 2.75) is 57.3 Å². The second-order valence-corrected chi connectivity index (χ2v) is 7.50. The Labute approximate surface area is 116 Å². The van der Waals surface area contributed by atoms with Gasteiger partial charge in [-0.05, 0) is 0 Å². The van der Waals surface area contributed by atoms with Crippen LogP contribution in [-0.2, 0) is 34.7 Å². The van der Waals surface area contributed by atoms with Gasteiger partial charge in [-0.3, -0.25) is 0 Å². The molecule has 1 aromatic rings. The van der Waals surface area contributed by atoms with E-state index < -0.39 is 0 Å². The first-order valence-corrected chi connectivity index (χ1v) is 7.66. The summed E-state index contributed by atoms with van der Waals surface area (Å²) in [6.45, 7) is 12.9. The second kappa shape index (κ2) is 4.74. The molecule has 1 nitrogen and oxygen atoms in total. The molecular weight excluding hydrogens is 388 g/mol. The Morgan fingerprint density at radius 2 is 1.29 bits per heavy atom. The molecule has 0 aromatic heterocycles. The first-order chi connectivity index (χ1) is 7.57. The average molecular weight is 412 g/mol. The van der Waals surface area contributed by atoms with Crippen molar-refractivity contribution >= 4 is 0 Å². The Hall–Kier alpha value is -0.331. The molecule has 17 heavy (non-hydrogen) atoms. The number of hydrogen-bond donors (Lipinski definition) is 1. The van der Waals surface area contributed by atoms with Crippen LogP contribution in [0, 0.1) is 0 Å². The molecule has 98 valence electrons. The second-order valence-electron chi connectivity index (χ2n) is 6.66. The van der Waals surface area contributed by atoms with Crippen molar-refractivity contribution in [3.63, 3.8) is 0 Å². The third-order valence-electron chi connectivity index (χ3n) is 2.92. The zero-order valence-electron chi connectivity index (χ0n) is 11.6. The van der Waals surface area contributed by atoms with E-state index >= 15 is 0 Å². The van der Waals surface area contributed by atoms with E-state index in [0.29, 0.717) is 5.75 Å². The molecule has 0 unspecified atom stereocenters. The van der Waals surface area contributed by atoms with Gasteiger partial charge in [0.25, 0.3) is 0 Å². The van der Waals surface area contributed by atoms with Gasteiger partial charge in [0.1, 0.15) is 0 Å². The molecule has 0 heterocycles. The average Bonchev–Trinajstić information content (AvgIpc) is 2.14. The van der Waals surface area contributed by atoms with Gasteiger partial charge < -0.3 is 0 Å². The summed E-state index contributed by atoms with van der Waals surface area (Å²) in [4.78, 5) is 1.01. The number of benzene rings is 1. The van der Waals surface area contributed by atoms with E-state index in [2.05, 4.69) is 72.6 Å². The van der Waals surface area contributed by atoms with Crippen LogP contribution in [0.4, 0.5) is 0 Å². The summed E-state index contributed by atoms with van der Waals surface area (Å²) in [5, 5.41) is 10.5. The maximum atomic E-state index is 10.5. The molecule has 0 fully saturated rings. The van der Waals surface area contributed by atoms with Crippen molar-refractivity contribution in [3.8, 4) is 5.75 Å². The van der Waals surface area contributed by atoms with Gasteiger partial charge in [0, 0.05) is 0 Å². The van der Waals surface area contributed by atoms with Crippen molar-refractivity contribution in [2.75, 3.05) is 0 Å². The third-order valence-corrected chi connectivity index (χ3v) is 3.90. The van der Waals surface area contributed by atoms with Gasteiger partial charge in [0.05, 0.1) is 0 Å². The molecule has 0 atom stereocenters. The number of rotatable bonds is 1. The van der Waals surface area contributed by atoms with Gasteiger partial charge in [-0.2, -0.15) is 0 Å². The van der Waals surface area contributed by atoms with Crippen molar-refractivity contribution < 1.29 is 24.0 Å². The fraction of sp³-hybridized carbons (Fsp3) is 0.600. The fourth-order valence-corrected chi connectivity index (χ4v) is 2.39. The molecule has 0 aliphatic carbocycles. The van der Waals surface area contributed by atoms with E-state index in [0.717, 1.165) is 16.1 Å². The molecule has 0 amide bonds. The van der Waals surface area contributed by atoms with Crippen LogP contribution in [0.25, 0.3) is 0 Å². The predicted octanol–water partition coefficient (Wildman–Crippen LogP) is 4.03. The van der Waals surface area contributed by atoms with Gasteiger partial charge in [-0.25, -0.2) is 0 Å². The van der Waals surface area contributed by atoms with Crippen LogP contribution < -0.4 is 0 Å². The van der Waals surface area contributed by atoms with Crippen LogP contribution in [-0.4, -0.2) is 5.11 Å². The minimum atomic E-state index is -0.0186. The number of phenolic OH excluding ortho intramolecular Hbond substituents is 1. The summed E-state index contributed by atoms with van der Waals surface area (Å²) in [6, 6.07) is 4.29. The summed E-state index contributed by atoms with van der Waals surface area (Å²) in [6.07, 6.45) is 0.